The molecule has 9 heteroatoms. The molecule has 0 saturated heterocycles. The van der Waals surface area contributed by atoms with Crippen LogP contribution >= 0.6 is 15.9 Å². The quantitative estimate of drug-likeness (QED) is 0.827. The van der Waals surface area contributed by atoms with Crippen molar-refractivity contribution in [2.24, 2.45) is 0 Å². The highest BCUT2D eigenvalue weighted by Crippen LogP contribution is 2.21. The first-order valence-electron chi connectivity index (χ1n) is 5.74. The summed E-state index contributed by atoms with van der Waals surface area (Å²) < 4.78 is 31.7. The number of benzene rings is 1. The summed E-state index contributed by atoms with van der Waals surface area (Å²) >= 11 is 3.06. The van der Waals surface area contributed by atoms with E-state index in [1.54, 1.807) is 13.0 Å². The molecule has 0 aliphatic rings. The summed E-state index contributed by atoms with van der Waals surface area (Å²) in [6, 6.07) is 5.38. The summed E-state index contributed by atoms with van der Waals surface area (Å²) in [4.78, 5) is 10.9. The van der Waals surface area contributed by atoms with Gasteiger partial charge in [-0.15, -0.1) is 0 Å². The van der Waals surface area contributed by atoms with E-state index in [-0.39, 0.29) is 17.0 Å². The van der Waals surface area contributed by atoms with Gasteiger partial charge < -0.3 is 9.63 Å². The summed E-state index contributed by atoms with van der Waals surface area (Å²) in [5.41, 5.74) is 0.307. The molecule has 2 N–H and O–H groups in total. The Kier molecular flexibility index (Phi) is 4.45. The fourth-order valence-electron chi connectivity index (χ4n) is 1.59. The third kappa shape index (κ3) is 3.69. The third-order valence-corrected chi connectivity index (χ3v) is 4.69. The second-order valence-corrected chi connectivity index (χ2v) is 6.82. The summed E-state index contributed by atoms with van der Waals surface area (Å²) in [6.45, 7) is 1.65. The minimum atomic E-state index is -3.84. The van der Waals surface area contributed by atoms with E-state index in [4.69, 9.17) is 9.63 Å². The molecule has 2 aromatic rings. The van der Waals surface area contributed by atoms with E-state index >= 15 is 0 Å². The number of carboxylic acids is 1. The highest BCUT2D eigenvalue weighted by atomic mass is 79.9. The predicted octanol–water partition coefficient (Wildman–Crippen LogP) is 1.92. The van der Waals surface area contributed by atoms with Crippen molar-refractivity contribution < 1.29 is 22.8 Å². The average molecular weight is 375 g/mol. The maximum Gasteiger partial charge on any atom is 0.336 e. The zero-order valence-corrected chi connectivity index (χ0v) is 13.2. The average Bonchev–Trinajstić information content (AvgIpc) is 2.82. The molecule has 0 amide bonds. The number of hydrogen-bond acceptors (Lipinski definition) is 5. The lowest BCUT2D eigenvalue weighted by atomic mass is 10.2. The zero-order chi connectivity index (χ0) is 15.6. The van der Waals surface area contributed by atoms with Gasteiger partial charge in [-0.05, 0) is 41.1 Å². The van der Waals surface area contributed by atoms with Gasteiger partial charge in [0.25, 0.3) is 0 Å². The summed E-state index contributed by atoms with van der Waals surface area (Å²) in [6.07, 6.45) is 0. The van der Waals surface area contributed by atoms with Crippen molar-refractivity contribution in [3.63, 3.8) is 0 Å². The highest BCUT2D eigenvalue weighted by molar-refractivity contribution is 9.10. The van der Waals surface area contributed by atoms with Gasteiger partial charge in [-0.3, -0.25) is 0 Å². The number of nitrogens with one attached hydrogen (secondary N) is 1. The van der Waals surface area contributed by atoms with E-state index in [0.717, 1.165) is 6.07 Å². The largest absolute Gasteiger partial charge is 0.478 e. The van der Waals surface area contributed by atoms with Crippen LogP contribution in [0.1, 0.15) is 21.8 Å². The smallest absolute Gasteiger partial charge is 0.336 e. The fourth-order valence-corrected chi connectivity index (χ4v) is 3.03. The van der Waals surface area contributed by atoms with E-state index in [9.17, 15) is 13.2 Å². The predicted molar refractivity (Wildman–Crippen MR) is 76.4 cm³/mol. The molecule has 0 atom stereocenters. The van der Waals surface area contributed by atoms with Crippen molar-refractivity contribution in [2.75, 3.05) is 0 Å². The SMILES string of the molecule is Cc1cc(CNS(=O)(=O)c2ccc(Br)c(C(=O)O)c2)no1. The van der Waals surface area contributed by atoms with Crippen LogP contribution in [0.3, 0.4) is 0 Å². The molecule has 0 bridgehead atoms. The minimum Gasteiger partial charge on any atom is -0.478 e. The molecular weight excluding hydrogens is 364 g/mol. The number of nitrogens with zero attached hydrogens (tertiary/aromatic N) is 1. The van der Waals surface area contributed by atoms with E-state index < -0.39 is 16.0 Å². The molecule has 2 rings (SSSR count). The van der Waals surface area contributed by atoms with E-state index in [2.05, 4.69) is 25.8 Å². The Morgan fingerprint density at radius 1 is 1.43 bits per heavy atom. The Morgan fingerprint density at radius 2 is 2.14 bits per heavy atom. The normalized spacial score (nSPS) is 11.5. The van der Waals surface area contributed by atoms with Crippen molar-refractivity contribution in [1.82, 2.24) is 9.88 Å². The molecule has 1 heterocycles. The number of halogens is 1. The number of aromatic nitrogens is 1. The number of carboxylic acid groups (broad SMARTS) is 1. The Hall–Kier alpha value is -1.71. The first-order chi connectivity index (χ1) is 9.79. The number of sulfonamides is 1. The van der Waals surface area contributed by atoms with Crippen molar-refractivity contribution in [3.05, 3.63) is 45.8 Å². The Balaban J connectivity index is 2.23. The zero-order valence-electron chi connectivity index (χ0n) is 10.8. The van der Waals surface area contributed by atoms with Crippen LogP contribution in [0.2, 0.25) is 0 Å². The van der Waals surface area contributed by atoms with Gasteiger partial charge in [0.2, 0.25) is 10.0 Å². The molecule has 7 nitrogen and oxygen atoms in total. The maximum atomic E-state index is 12.1. The third-order valence-electron chi connectivity index (χ3n) is 2.60. The Bertz CT molecular complexity index is 785. The van der Waals surface area contributed by atoms with E-state index in [1.807, 2.05) is 0 Å². The lowest BCUT2D eigenvalue weighted by Crippen LogP contribution is -2.23. The molecule has 1 aromatic carbocycles. The number of hydrogen-bond donors (Lipinski definition) is 2. The van der Waals surface area contributed by atoms with Crippen molar-refractivity contribution >= 4 is 31.9 Å². The summed E-state index contributed by atoms with van der Waals surface area (Å²) in [5.74, 6) is -0.646. The number of rotatable bonds is 5. The van der Waals surface area contributed by atoms with E-state index in [1.165, 1.54) is 12.1 Å². The van der Waals surface area contributed by atoms with Crippen LogP contribution in [0.15, 0.2) is 38.2 Å². The molecule has 112 valence electrons. The topological polar surface area (TPSA) is 110 Å². The van der Waals surface area contributed by atoms with Gasteiger partial charge in [0.1, 0.15) is 5.76 Å². The first-order valence-corrected chi connectivity index (χ1v) is 8.02. The van der Waals surface area contributed by atoms with Gasteiger partial charge >= 0.3 is 5.97 Å². The van der Waals surface area contributed by atoms with Crippen LogP contribution < -0.4 is 4.72 Å². The van der Waals surface area contributed by atoms with E-state index in [0.29, 0.717) is 15.9 Å². The monoisotopic (exact) mass is 374 g/mol. The van der Waals surface area contributed by atoms with Crippen LogP contribution in [0.5, 0.6) is 0 Å². The molecule has 1 aromatic heterocycles. The van der Waals surface area contributed by atoms with Crippen molar-refractivity contribution in [3.8, 4) is 0 Å². The van der Waals surface area contributed by atoms with Crippen LogP contribution in [-0.4, -0.2) is 24.7 Å². The standard InChI is InChI=1S/C12H11BrN2O5S/c1-7-4-8(15-20-7)6-14-21(18,19)9-2-3-11(13)10(5-9)12(16)17/h2-5,14H,6H2,1H3,(H,16,17). The second-order valence-electron chi connectivity index (χ2n) is 4.20. The molecule has 21 heavy (non-hydrogen) atoms. The highest BCUT2D eigenvalue weighted by Gasteiger charge is 2.18. The minimum absolute atomic E-state index is 0.0435. The van der Waals surface area contributed by atoms with Gasteiger partial charge in [0.05, 0.1) is 22.7 Å². The van der Waals surface area contributed by atoms with Crippen molar-refractivity contribution in [2.45, 2.75) is 18.4 Å². The Morgan fingerprint density at radius 3 is 2.71 bits per heavy atom. The van der Waals surface area contributed by atoms with Gasteiger partial charge in [0.15, 0.2) is 0 Å². The Labute approximate surface area is 129 Å². The molecule has 0 aliphatic carbocycles. The van der Waals surface area contributed by atoms with Crippen LogP contribution in [0.25, 0.3) is 0 Å². The van der Waals surface area contributed by atoms with Gasteiger partial charge in [-0.25, -0.2) is 17.9 Å². The number of carbonyl (C=O) groups is 1. The van der Waals surface area contributed by atoms with Gasteiger partial charge in [-0.2, -0.15) is 0 Å². The fraction of sp³-hybridized carbons (Fsp3) is 0.167. The van der Waals surface area contributed by atoms with Crippen molar-refractivity contribution in [1.29, 1.82) is 0 Å². The van der Waals surface area contributed by atoms with Crippen LogP contribution in [0.4, 0.5) is 0 Å². The molecule has 0 aliphatic heterocycles. The first kappa shape index (κ1) is 15.7. The number of aromatic carboxylic acids is 1. The molecule has 0 saturated carbocycles. The molecular formula is C12H11BrN2O5S. The van der Waals surface area contributed by atoms with Gasteiger partial charge in [0, 0.05) is 10.5 Å². The van der Waals surface area contributed by atoms with Gasteiger partial charge in [-0.1, -0.05) is 5.16 Å². The summed E-state index contributed by atoms with van der Waals surface area (Å²) in [5, 5.41) is 12.7. The molecule has 0 radical (unpaired) electrons. The summed E-state index contributed by atoms with van der Waals surface area (Å²) in [7, 11) is -3.84. The second kappa shape index (κ2) is 5.96. The molecule has 0 spiro atoms. The lowest BCUT2D eigenvalue weighted by Gasteiger charge is -2.07. The number of aryl methyl sites for hydroxylation is 1. The maximum absolute atomic E-state index is 12.1. The molecule has 0 fully saturated rings. The lowest BCUT2D eigenvalue weighted by molar-refractivity contribution is 0.0695. The van der Waals surface area contributed by atoms with Crippen LogP contribution in [-0.2, 0) is 16.6 Å². The molecule has 0 unspecified atom stereocenters. The van der Waals surface area contributed by atoms with Crippen LogP contribution in [0, 0.1) is 6.92 Å².